The monoisotopic (exact) mass is 395 g/mol. The number of benzene rings is 2. The van der Waals surface area contributed by atoms with Crippen LogP contribution in [0.15, 0.2) is 73.1 Å². The van der Waals surface area contributed by atoms with E-state index in [4.69, 9.17) is 0 Å². The molecule has 7 heteroatoms. The third kappa shape index (κ3) is 3.85. The Morgan fingerprint density at radius 2 is 1.79 bits per heavy atom. The fraction of sp³-hybridized carbons (Fsp3) is 0.0909. The lowest BCUT2D eigenvalue weighted by Gasteiger charge is -2.09. The number of alkyl halides is 3. The van der Waals surface area contributed by atoms with Gasteiger partial charge in [-0.05, 0) is 55.0 Å². The first-order valence-electron chi connectivity index (χ1n) is 8.85. The van der Waals surface area contributed by atoms with Gasteiger partial charge >= 0.3 is 6.18 Å². The molecule has 0 saturated heterocycles. The predicted octanol–water partition coefficient (Wildman–Crippen LogP) is 5.58. The van der Waals surface area contributed by atoms with Crippen LogP contribution in [0.25, 0.3) is 16.9 Å². The van der Waals surface area contributed by atoms with Crippen LogP contribution in [-0.2, 0) is 6.18 Å². The maximum Gasteiger partial charge on any atom is 0.416 e. The summed E-state index contributed by atoms with van der Waals surface area (Å²) in [6, 6.07) is 15.2. The minimum Gasteiger partial charge on any atom is -0.322 e. The molecule has 0 spiro atoms. The van der Waals surface area contributed by atoms with Crippen molar-refractivity contribution in [2.45, 2.75) is 13.1 Å². The van der Waals surface area contributed by atoms with Crippen LogP contribution in [0.1, 0.15) is 21.5 Å². The Morgan fingerprint density at radius 1 is 1.03 bits per heavy atom. The number of pyridine rings is 1. The van der Waals surface area contributed by atoms with Gasteiger partial charge in [0.25, 0.3) is 5.91 Å². The molecule has 0 radical (unpaired) electrons. The fourth-order valence-corrected chi connectivity index (χ4v) is 3.06. The SMILES string of the molecule is Cc1cccn2cc(-c3cccc(NC(=O)c4ccc(C(F)(F)F)cc4)c3)nc12. The fourth-order valence-electron chi connectivity index (χ4n) is 3.06. The van der Waals surface area contributed by atoms with Crippen LogP contribution in [0.3, 0.4) is 0 Å². The van der Waals surface area contributed by atoms with E-state index in [0.717, 1.165) is 46.7 Å². The molecule has 2 heterocycles. The third-order valence-corrected chi connectivity index (χ3v) is 4.57. The first kappa shape index (κ1) is 18.7. The maximum atomic E-state index is 12.7. The second-order valence-electron chi connectivity index (χ2n) is 6.66. The highest BCUT2D eigenvalue weighted by Crippen LogP contribution is 2.29. The van der Waals surface area contributed by atoms with E-state index < -0.39 is 17.6 Å². The molecular weight excluding hydrogens is 379 g/mol. The lowest BCUT2D eigenvalue weighted by atomic mass is 10.1. The molecule has 1 amide bonds. The van der Waals surface area contributed by atoms with Gasteiger partial charge in [-0.2, -0.15) is 13.2 Å². The molecule has 0 fully saturated rings. The van der Waals surface area contributed by atoms with Gasteiger partial charge in [-0.15, -0.1) is 0 Å². The van der Waals surface area contributed by atoms with Crippen LogP contribution in [-0.4, -0.2) is 15.3 Å². The smallest absolute Gasteiger partial charge is 0.322 e. The number of nitrogens with zero attached hydrogens (tertiary/aromatic N) is 2. The molecule has 2 aromatic heterocycles. The van der Waals surface area contributed by atoms with E-state index in [1.165, 1.54) is 0 Å². The summed E-state index contributed by atoms with van der Waals surface area (Å²) >= 11 is 0. The standard InChI is InChI=1S/C22H16F3N3O/c1-14-4-3-11-28-13-19(27-20(14)28)16-5-2-6-18(12-16)26-21(29)15-7-9-17(10-8-15)22(23,24)25/h2-13H,1H3,(H,26,29). The number of halogens is 3. The Bertz CT molecular complexity index is 1190. The molecule has 1 N–H and O–H groups in total. The van der Waals surface area contributed by atoms with Crippen molar-refractivity contribution in [2.75, 3.05) is 5.32 Å². The number of carbonyl (C=O) groups excluding carboxylic acids is 1. The summed E-state index contributed by atoms with van der Waals surface area (Å²) in [4.78, 5) is 17.0. The van der Waals surface area contributed by atoms with Crippen LogP contribution >= 0.6 is 0 Å². The number of aryl methyl sites for hydroxylation is 1. The zero-order valence-corrected chi connectivity index (χ0v) is 15.4. The van der Waals surface area contributed by atoms with Gasteiger partial charge in [-0.3, -0.25) is 4.79 Å². The minimum absolute atomic E-state index is 0.145. The largest absolute Gasteiger partial charge is 0.416 e. The number of hydrogen-bond acceptors (Lipinski definition) is 2. The summed E-state index contributed by atoms with van der Waals surface area (Å²) < 4.78 is 39.9. The minimum atomic E-state index is -4.43. The van der Waals surface area contributed by atoms with Gasteiger partial charge in [0.2, 0.25) is 0 Å². The number of rotatable bonds is 3. The number of anilines is 1. The van der Waals surface area contributed by atoms with Crippen molar-refractivity contribution in [1.82, 2.24) is 9.38 Å². The van der Waals surface area contributed by atoms with E-state index in [9.17, 15) is 18.0 Å². The van der Waals surface area contributed by atoms with Crippen molar-refractivity contribution >= 4 is 17.2 Å². The Balaban J connectivity index is 1.57. The molecule has 4 rings (SSSR count). The van der Waals surface area contributed by atoms with Gasteiger partial charge in [0.05, 0.1) is 11.3 Å². The Hall–Kier alpha value is -3.61. The zero-order valence-electron chi connectivity index (χ0n) is 15.4. The van der Waals surface area contributed by atoms with Crippen LogP contribution in [0, 0.1) is 6.92 Å². The highest BCUT2D eigenvalue weighted by atomic mass is 19.4. The average molecular weight is 395 g/mol. The number of amides is 1. The van der Waals surface area contributed by atoms with Crippen LogP contribution in [0.5, 0.6) is 0 Å². The Kier molecular flexibility index (Phi) is 4.58. The van der Waals surface area contributed by atoms with Gasteiger partial charge in [0.15, 0.2) is 0 Å². The lowest BCUT2D eigenvalue weighted by Crippen LogP contribution is -2.12. The van der Waals surface area contributed by atoms with Gasteiger partial charge in [-0.1, -0.05) is 18.2 Å². The average Bonchev–Trinajstić information content (AvgIpc) is 3.13. The lowest BCUT2D eigenvalue weighted by molar-refractivity contribution is -0.137. The van der Waals surface area contributed by atoms with Crippen molar-refractivity contribution in [1.29, 1.82) is 0 Å². The molecule has 4 aromatic rings. The molecule has 0 aliphatic rings. The van der Waals surface area contributed by atoms with Gasteiger partial charge < -0.3 is 9.72 Å². The van der Waals surface area contributed by atoms with Gasteiger partial charge in [-0.25, -0.2) is 4.98 Å². The summed E-state index contributed by atoms with van der Waals surface area (Å²) in [6.07, 6.45) is -0.621. The normalized spacial score (nSPS) is 11.6. The van der Waals surface area contributed by atoms with E-state index in [1.807, 2.05) is 41.9 Å². The Labute approximate surface area is 164 Å². The topological polar surface area (TPSA) is 46.4 Å². The van der Waals surface area contributed by atoms with Crippen molar-refractivity contribution in [2.24, 2.45) is 0 Å². The predicted molar refractivity (Wildman–Crippen MR) is 105 cm³/mol. The summed E-state index contributed by atoms with van der Waals surface area (Å²) in [5.41, 5.74) is 3.35. The molecule has 29 heavy (non-hydrogen) atoms. The molecule has 0 saturated carbocycles. The second kappa shape index (κ2) is 7.09. The summed E-state index contributed by atoms with van der Waals surface area (Å²) in [6.45, 7) is 1.98. The van der Waals surface area contributed by atoms with Crippen molar-refractivity contribution in [3.63, 3.8) is 0 Å². The summed E-state index contributed by atoms with van der Waals surface area (Å²) in [7, 11) is 0. The molecule has 0 atom stereocenters. The van der Waals surface area contributed by atoms with Gasteiger partial charge in [0, 0.05) is 29.2 Å². The highest BCUT2D eigenvalue weighted by Gasteiger charge is 2.30. The van der Waals surface area contributed by atoms with E-state index >= 15 is 0 Å². The molecule has 4 nitrogen and oxygen atoms in total. The highest BCUT2D eigenvalue weighted by molar-refractivity contribution is 6.04. The molecule has 0 aliphatic carbocycles. The first-order valence-corrected chi connectivity index (χ1v) is 8.85. The van der Waals surface area contributed by atoms with E-state index in [2.05, 4.69) is 10.3 Å². The van der Waals surface area contributed by atoms with Crippen LogP contribution in [0.2, 0.25) is 0 Å². The quantitative estimate of drug-likeness (QED) is 0.492. The summed E-state index contributed by atoms with van der Waals surface area (Å²) in [5.74, 6) is -0.485. The molecular formula is C22H16F3N3O. The molecule has 0 aliphatic heterocycles. The number of imidazole rings is 1. The zero-order chi connectivity index (χ0) is 20.6. The second-order valence-corrected chi connectivity index (χ2v) is 6.66. The Morgan fingerprint density at radius 3 is 2.48 bits per heavy atom. The number of aromatic nitrogens is 2. The maximum absolute atomic E-state index is 12.7. The first-order chi connectivity index (χ1) is 13.8. The van der Waals surface area contributed by atoms with E-state index in [-0.39, 0.29) is 5.56 Å². The summed E-state index contributed by atoms with van der Waals surface area (Å²) in [5, 5.41) is 2.72. The number of carbonyl (C=O) groups is 1. The van der Waals surface area contributed by atoms with Gasteiger partial charge in [0.1, 0.15) is 5.65 Å². The third-order valence-electron chi connectivity index (χ3n) is 4.57. The van der Waals surface area contributed by atoms with E-state index in [1.54, 1.807) is 18.2 Å². The molecule has 146 valence electrons. The number of fused-ring (bicyclic) bond motifs is 1. The molecule has 2 aromatic carbocycles. The van der Waals surface area contributed by atoms with Crippen LogP contribution < -0.4 is 5.32 Å². The van der Waals surface area contributed by atoms with Crippen LogP contribution in [0.4, 0.5) is 18.9 Å². The number of nitrogens with one attached hydrogen (secondary N) is 1. The molecule has 0 unspecified atom stereocenters. The molecule has 0 bridgehead atoms. The number of hydrogen-bond donors (Lipinski definition) is 1. The van der Waals surface area contributed by atoms with Crippen molar-refractivity contribution in [3.05, 3.63) is 89.7 Å². The van der Waals surface area contributed by atoms with Crippen molar-refractivity contribution in [3.8, 4) is 11.3 Å². The van der Waals surface area contributed by atoms with Crippen molar-refractivity contribution < 1.29 is 18.0 Å². The van der Waals surface area contributed by atoms with E-state index in [0.29, 0.717) is 5.69 Å².